The molecule has 3 rings (SSSR count). The van der Waals surface area contributed by atoms with Gasteiger partial charge in [-0.3, -0.25) is 14.3 Å². The zero-order valence-electron chi connectivity index (χ0n) is 20.2. The number of carbonyl (C=O) groups is 3. The minimum absolute atomic E-state index is 0.000382. The van der Waals surface area contributed by atoms with Gasteiger partial charge in [0.15, 0.2) is 6.61 Å². The standard InChI is InChI=1S/C27H30N4O4/c1-19-9-11-22(12-10-19)17-31-21(3)24(20(2)29-31)13-14-27(34)35-18-26(33)30(16-15-25(28)32)23-7-5-4-6-8-23/h4-14H,15-18H2,1-3H3,(H2,28,32)/b14-13+. The van der Waals surface area contributed by atoms with Crippen molar-refractivity contribution in [3.05, 3.63) is 88.8 Å². The summed E-state index contributed by atoms with van der Waals surface area (Å²) < 4.78 is 7.06. The highest BCUT2D eigenvalue weighted by Gasteiger charge is 2.18. The second-order valence-electron chi connectivity index (χ2n) is 8.27. The van der Waals surface area contributed by atoms with Crippen molar-refractivity contribution in [1.82, 2.24) is 9.78 Å². The molecule has 1 aromatic heterocycles. The van der Waals surface area contributed by atoms with Crippen LogP contribution in [-0.2, 0) is 25.7 Å². The number of aryl methyl sites for hydroxylation is 2. The van der Waals surface area contributed by atoms with E-state index >= 15 is 0 Å². The number of hydrogen-bond acceptors (Lipinski definition) is 5. The Morgan fingerprint density at radius 2 is 1.71 bits per heavy atom. The predicted molar refractivity (Wildman–Crippen MR) is 135 cm³/mol. The van der Waals surface area contributed by atoms with Crippen LogP contribution in [0.1, 0.15) is 34.5 Å². The van der Waals surface area contributed by atoms with Crippen LogP contribution in [0, 0.1) is 20.8 Å². The van der Waals surface area contributed by atoms with Gasteiger partial charge in [0.05, 0.1) is 12.2 Å². The zero-order valence-corrected chi connectivity index (χ0v) is 20.2. The van der Waals surface area contributed by atoms with Crippen LogP contribution in [0.3, 0.4) is 0 Å². The summed E-state index contributed by atoms with van der Waals surface area (Å²) in [4.78, 5) is 37.6. The van der Waals surface area contributed by atoms with E-state index < -0.39 is 24.4 Å². The molecule has 0 aliphatic heterocycles. The van der Waals surface area contributed by atoms with Crippen molar-refractivity contribution in [3.8, 4) is 0 Å². The largest absolute Gasteiger partial charge is 0.452 e. The highest BCUT2D eigenvalue weighted by molar-refractivity contribution is 5.97. The number of para-hydroxylation sites is 1. The van der Waals surface area contributed by atoms with Gasteiger partial charge in [-0.25, -0.2) is 4.79 Å². The van der Waals surface area contributed by atoms with E-state index in [0.717, 1.165) is 22.5 Å². The smallest absolute Gasteiger partial charge is 0.331 e. The van der Waals surface area contributed by atoms with E-state index in [-0.39, 0.29) is 13.0 Å². The van der Waals surface area contributed by atoms with Gasteiger partial charge < -0.3 is 15.4 Å². The third-order valence-corrected chi connectivity index (χ3v) is 5.57. The summed E-state index contributed by atoms with van der Waals surface area (Å²) in [5.41, 5.74) is 10.7. The Bertz CT molecular complexity index is 1210. The molecule has 0 bridgehead atoms. The van der Waals surface area contributed by atoms with Crippen LogP contribution >= 0.6 is 0 Å². The molecule has 0 saturated heterocycles. The van der Waals surface area contributed by atoms with Crippen LogP contribution in [0.2, 0.25) is 0 Å². The number of anilines is 1. The number of hydrogen-bond donors (Lipinski definition) is 1. The molecule has 35 heavy (non-hydrogen) atoms. The summed E-state index contributed by atoms with van der Waals surface area (Å²) in [6.07, 6.45) is 2.94. The minimum atomic E-state index is -0.647. The molecule has 0 radical (unpaired) electrons. The number of esters is 1. The quantitative estimate of drug-likeness (QED) is 0.358. The number of nitrogens with two attached hydrogens (primary N) is 1. The summed E-state index contributed by atoms with van der Waals surface area (Å²) in [6.45, 7) is 6.14. The molecule has 0 aliphatic carbocycles. The van der Waals surface area contributed by atoms with Gasteiger partial charge in [0.1, 0.15) is 0 Å². The monoisotopic (exact) mass is 474 g/mol. The third kappa shape index (κ3) is 7.14. The van der Waals surface area contributed by atoms with Gasteiger partial charge in [0.2, 0.25) is 5.91 Å². The lowest BCUT2D eigenvalue weighted by atomic mass is 10.1. The van der Waals surface area contributed by atoms with Gasteiger partial charge in [0, 0.05) is 36.0 Å². The molecule has 8 nitrogen and oxygen atoms in total. The van der Waals surface area contributed by atoms with Crippen molar-refractivity contribution in [2.24, 2.45) is 5.73 Å². The van der Waals surface area contributed by atoms with Gasteiger partial charge in [-0.05, 0) is 44.5 Å². The minimum Gasteiger partial charge on any atom is -0.452 e. The first-order valence-corrected chi connectivity index (χ1v) is 11.3. The van der Waals surface area contributed by atoms with Gasteiger partial charge >= 0.3 is 5.97 Å². The van der Waals surface area contributed by atoms with Crippen molar-refractivity contribution < 1.29 is 19.1 Å². The van der Waals surface area contributed by atoms with Crippen LogP contribution < -0.4 is 10.6 Å². The van der Waals surface area contributed by atoms with Crippen molar-refractivity contribution in [2.75, 3.05) is 18.1 Å². The van der Waals surface area contributed by atoms with E-state index in [1.165, 1.54) is 16.5 Å². The van der Waals surface area contributed by atoms with E-state index in [0.29, 0.717) is 12.2 Å². The molecule has 0 saturated carbocycles. The summed E-state index contributed by atoms with van der Waals surface area (Å²) in [6, 6.07) is 17.1. The van der Waals surface area contributed by atoms with Crippen molar-refractivity contribution in [3.63, 3.8) is 0 Å². The Kier molecular flexibility index (Phi) is 8.56. The zero-order chi connectivity index (χ0) is 25.4. The number of amides is 2. The molecule has 0 aliphatic rings. The van der Waals surface area contributed by atoms with Crippen LogP contribution in [0.15, 0.2) is 60.7 Å². The average molecular weight is 475 g/mol. The summed E-state index contributed by atoms with van der Waals surface area (Å²) >= 11 is 0. The maximum absolute atomic E-state index is 12.7. The second-order valence-corrected chi connectivity index (χ2v) is 8.27. The number of carbonyl (C=O) groups excluding carboxylic acids is 3. The Morgan fingerprint density at radius 3 is 2.37 bits per heavy atom. The SMILES string of the molecule is Cc1ccc(Cn2nc(C)c(/C=C/C(=O)OCC(=O)N(CCC(N)=O)c3ccccc3)c2C)cc1. The van der Waals surface area contributed by atoms with Crippen molar-refractivity contribution in [2.45, 2.75) is 33.7 Å². The predicted octanol–water partition coefficient (Wildman–Crippen LogP) is 3.32. The van der Waals surface area contributed by atoms with E-state index in [1.807, 2.05) is 31.5 Å². The first kappa shape index (κ1) is 25.4. The molecule has 3 aromatic rings. The fourth-order valence-corrected chi connectivity index (χ4v) is 3.61. The topological polar surface area (TPSA) is 108 Å². The molecule has 8 heteroatoms. The number of aromatic nitrogens is 2. The van der Waals surface area contributed by atoms with E-state index in [9.17, 15) is 14.4 Å². The Hall–Kier alpha value is -4.20. The second kappa shape index (κ2) is 11.8. The summed E-state index contributed by atoms with van der Waals surface area (Å²) in [5.74, 6) is -1.61. The molecule has 0 spiro atoms. The molecule has 0 unspecified atom stereocenters. The fraction of sp³-hybridized carbons (Fsp3) is 0.259. The van der Waals surface area contributed by atoms with Gasteiger partial charge in [-0.2, -0.15) is 5.10 Å². The van der Waals surface area contributed by atoms with E-state index in [2.05, 4.69) is 29.4 Å². The maximum Gasteiger partial charge on any atom is 0.331 e. The van der Waals surface area contributed by atoms with E-state index in [1.54, 1.807) is 30.3 Å². The molecule has 2 amide bonds. The molecule has 0 fully saturated rings. The lowest BCUT2D eigenvalue weighted by Crippen LogP contribution is -2.37. The highest BCUT2D eigenvalue weighted by Crippen LogP contribution is 2.17. The Balaban J connectivity index is 1.62. The lowest BCUT2D eigenvalue weighted by Gasteiger charge is -2.22. The molecular formula is C27H30N4O4. The molecule has 182 valence electrons. The van der Waals surface area contributed by atoms with Crippen LogP contribution in [0.5, 0.6) is 0 Å². The van der Waals surface area contributed by atoms with Gasteiger partial charge in [0.25, 0.3) is 5.91 Å². The summed E-state index contributed by atoms with van der Waals surface area (Å²) in [7, 11) is 0. The summed E-state index contributed by atoms with van der Waals surface area (Å²) in [5, 5.41) is 4.59. The van der Waals surface area contributed by atoms with Crippen LogP contribution in [0.25, 0.3) is 6.08 Å². The molecule has 1 heterocycles. The highest BCUT2D eigenvalue weighted by atomic mass is 16.5. The first-order chi connectivity index (χ1) is 16.7. The van der Waals surface area contributed by atoms with Crippen LogP contribution in [-0.4, -0.2) is 40.7 Å². The molecule has 2 aromatic carbocycles. The number of benzene rings is 2. The third-order valence-electron chi connectivity index (χ3n) is 5.57. The van der Waals surface area contributed by atoms with Crippen molar-refractivity contribution in [1.29, 1.82) is 0 Å². The van der Waals surface area contributed by atoms with Crippen molar-refractivity contribution >= 4 is 29.5 Å². The number of rotatable bonds is 10. The number of primary amides is 1. The first-order valence-electron chi connectivity index (χ1n) is 11.3. The van der Waals surface area contributed by atoms with Gasteiger partial charge in [-0.15, -0.1) is 0 Å². The van der Waals surface area contributed by atoms with E-state index in [4.69, 9.17) is 10.5 Å². The normalized spacial score (nSPS) is 10.9. The molecule has 0 atom stereocenters. The Labute approximate surface area is 205 Å². The molecular weight excluding hydrogens is 444 g/mol. The number of nitrogens with zero attached hydrogens (tertiary/aromatic N) is 3. The van der Waals surface area contributed by atoms with Gasteiger partial charge in [-0.1, -0.05) is 48.0 Å². The van der Waals surface area contributed by atoms with Crippen LogP contribution in [0.4, 0.5) is 5.69 Å². The average Bonchev–Trinajstić information content (AvgIpc) is 3.10. The molecule has 2 N–H and O–H groups in total. The Morgan fingerprint density at radius 1 is 1.03 bits per heavy atom. The lowest BCUT2D eigenvalue weighted by molar-refractivity contribution is -0.143. The number of ether oxygens (including phenoxy) is 1. The fourth-order valence-electron chi connectivity index (χ4n) is 3.61. The maximum atomic E-state index is 12.7.